The number of thiazole rings is 1. The third-order valence-electron chi connectivity index (χ3n) is 3.99. The van der Waals surface area contributed by atoms with Crippen LogP contribution in [0.3, 0.4) is 0 Å². The van der Waals surface area contributed by atoms with E-state index in [1.165, 1.54) is 42.4 Å². The Morgan fingerprint density at radius 2 is 2.05 bits per heavy atom. The Kier molecular flexibility index (Phi) is 6.00. The van der Waals surface area contributed by atoms with Crippen molar-refractivity contribution >= 4 is 11.3 Å². The van der Waals surface area contributed by atoms with Crippen LogP contribution in [0, 0.1) is 5.92 Å². The van der Waals surface area contributed by atoms with Crippen molar-refractivity contribution in [3.05, 3.63) is 16.1 Å². The summed E-state index contributed by atoms with van der Waals surface area (Å²) in [5.74, 6) is 0.779. The van der Waals surface area contributed by atoms with Crippen LogP contribution in [0.2, 0.25) is 0 Å². The topological polar surface area (TPSA) is 28.2 Å². The van der Waals surface area contributed by atoms with Gasteiger partial charge in [-0.15, -0.1) is 11.3 Å². The van der Waals surface area contributed by atoms with Gasteiger partial charge >= 0.3 is 0 Å². The fraction of sp³-hybridized carbons (Fsp3) is 0.812. The van der Waals surface area contributed by atoms with Crippen LogP contribution < -0.4 is 5.32 Å². The first-order valence-electron chi connectivity index (χ1n) is 8.01. The number of nitrogens with zero attached hydrogens (tertiary/aromatic N) is 2. The molecule has 0 aliphatic carbocycles. The van der Waals surface area contributed by atoms with Gasteiger partial charge in [0.25, 0.3) is 0 Å². The van der Waals surface area contributed by atoms with Crippen molar-refractivity contribution in [3.8, 4) is 0 Å². The molecule has 2 rings (SSSR count). The average molecular weight is 295 g/mol. The summed E-state index contributed by atoms with van der Waals surface area (Å²) in [5, 5.41) is 5.01. The molecule has 1 unspecified atom stereocenters. The predicted octanol–water partition coefficient (Wildman–Crippen LogP) is 3.48. The van der Waals surface area contributed by atoms with Gasteiger partial charge < -0.3 is 10.2 Å². The first-order valence-corrected chi connectivity index (χ1v) is 8.83. The number of nitrogens with one attached hydrogen (secondary N) is 1. The molecular weight excluding hydrogens is 266 g/mol. The van der Waals surface area contributed by atoms with E-state index in [0.717, 1.165) is 12.3 Å². The van der Waals surface area contributed by atoms with Gasteiger partial charge in [0, 0.05) is 23.7 Å². The van der Waals surface area contributed by atoms with Crippen LogP contribution in [0.15, 0.2) is 6.20 Å². The molecule has 114 valence electrons. The van der Waals surface area contributed by atoms with Crippen molar-refractivity contribution in [1.29, 1.82) is 0 Å². The van der Waals surface area contributed by atoms with Crippen LogP contribution in [0.4, 0.5) is 0 Å². The van der Waals surface area contributed by atoms with Crippen molar-refractivity contribution in [2.45, 2.75) is 59.0 Å². The number of hydrogen-bond donors (Lipinski definition) is 1. The van der Waals surface area contributed by atoms with E-state index in [2.05, 4.69) is 42.9 Å². The highest BCUT2D eigenvalue weighted by atomic mass is 32.1. The van der Waals surface area contributed by atoms with Crippen molar-refractivity contribution in [2.75, 3.05) is 19.6 Å². The molecule has 0 saturated carbocycles. The highest BCUT2D eigenvalue weighted by Gasteiger charge is 2.22. The van der Waals surface area contributed by atoms with Gasteiger partial charge in [-0.05, 0) is 45.2 Å². The van der Waals surface area contributed by atoms with Gasteiger partial charge in [0.15, 0.2) is 0 Å². The van der Waals surface area contributed by atoms with E-state index >= 15 is 0 Å². The lowest BCUT2D eigenvalue weighted by Gasteiger charge is -2.34. The van der Waals surface area contributed by atoms with Crippen LogP contribution in [0.1, 0.15) is 56.5 Å². The molecule has 1 aromatic heterocycles. The van der Waals surface area contributed by atoms with Gasteiger partial charge in [-0.1, -0.05) is 20.8 Å². The lowest BCUT2D eigenvalue weighted by Crippen LogP contribution is -2.44. The molecule has 1 fully saturated rings. The first kappa shape index (κ1) is 15.9. The van der Waals surface area contributed by atoms with Crippen LogP contribution in [-0.4, -0.2) is 35.6 Å². The Labute approximate surface area is 127 Å². The Balaban J connectivity index is 1.77. The molecule has 0 spiro atoms. The van der Waals surface area contributed by atoms with E-state index in [1.807, 2.05) is 17.5 Å². The molecule has 1 aliphatic rings. The molecule has 1 aliphatic heterocycles. The minimum absolute atomic E-state index is 0.391. The van der Waals surface area contributed by atoms with Crippen molar-refractivity contribution in [3.63, 3.8) is 0 Å². The third-order valence-corrected chi connectivity index (χ3v) is 5.31. The average Bonchev–Trinajstić information content (AvgIpc) is 2.89. The van der Waals surface area contributed by atoms with Gasteiger partial charge in [-0.3, -0.25) is 0 Å². The molecule has 0 bridgehead atoms. The highest BCUT2D eigenvalue weighted by molar-refractivity contribution is 7.11. The summed E-state index contributed by atoms with van der Waals surface area (Å²) in [6.07, 6.45) is 5.66. The van der Waals surface area contributed by atoms with E-state index in [0.29, 0.717) is 12.1 Å². The summed E-state index contributed by atoms with van der Waals surface area (Å²) in [6, 6.07) is 1.05. The summed E-state index contributed by atoms with van der Waals surface area (Å²) >= 11 is 1.85. The Bertz CT molecular complexity index is 394. The normalized spacial score (nSPS) is 19.6. The van der Waals surface area contributed by atoms with E-state index in [4.69, 9.17) is 0 Å². The third kappa shape index (κ3) is 4.54. The molecule has 0 amide bonds. The standard InChI is InChI=1S/C16H29N3S/c1-5-15-10-17-16(20-15)13(4)18-14-6-8-19(9-7-14)11-12(2)3/h10,12-14,18H,5-9,11H2,1-4H3. The molecule has 1 atom stereocenters. The molecule has 0 aromatic carbocycles. The van der Waals surface area contributed by atoms with Gasteiger partial charge in [-0.2, -0.15) is 0 Å². The van der Waals surface area contributed by atoms with Crippen LogP contribution in [0.25, 0.3) is 0 Å². The van der Waals surface area contributed by atoms with E-state index in [1.54, 1.807) is 0 Å². The summed E-state index contributed by atoms with van der Waals surface area (Å²) < 4.78 is 0. The quantitative estimate of drug-likeness (QED) is 0.871. The minimum atomic E-state index is 0.391. The van der Waals surface area contributed by atoms with Gasteiger partial charge in [0.05, 0.1) is 6.04 Å². The largest absolute Gasteiger partial charge is 0.305 e. The predicted molar refractivity (Wildman–Crippen MR) is 87.3 cm³/mol. The fourth-order valence-electron chi connectivity index (χ4n) is 2.91. The molecule has 3 nitrogen and oxygen atoms in total. The van der Waals surface area contributed by atoms with Gasteiger partial charge in [0.1, 0.15) is 5.01 Å². The number of hydrogen-bond acceptors (Lipinski definition) is 4. The zero-order valence-electron chi connectivity index (χ0n) is 13.4. The zero-order valence-corrected chi connectivity index (χ0v) is 14.2. The molecule has 20 heavy (non-hydrogen) atoms. The van der Waals surface area contributed by atoms with E-state index in [9.17, 15) is 0 Å². The van der Waals surface area contributed by atoms with E-state index in [-0.39, 0.29) is 0 Å². The summed E-state index contributed by atoms with van der Waals surface area (Å²) in [5.41, 5.74) is 0. The van der Waals surface area contributed by atoms with Crippen molar-refractivity contribution in [2.24, 2.45) is 5.92 Å². The molecular formula is C16H29N3S. The van der Waals surface area contributed by atoms with Crippen molar-refractivity contribution < 1.29 is 0 Å². The Morgan fingerprint density at radius 3 is 2.60 bits per heavy atom. The second-order valence-electron chi connectivity index (χ2n) is 6.38. The van der Waals surface area contributed by atoms with Crippen molar-refractivity contribution in [1.82, 2.24) is 15.2 Å². The maximum Gasteiger partial charge on any atom is 0.109 e. The molecule has 1 aromatic rings. The van der Waals surface area contributed by atoms with Crippen LogP contribution in [0.5, 0.6) is 0 Å². The second kappa shape index (κ2) is 7.53. The Morgan fingerprint density at radius 1 is 1.35 bits per heavy atom. The maximum absolute atomic E-state index is 4.55. The van der Waals surface area contributed by atoms with Crippen LogP contribution >= 0.6 is 11.3 Å². The molecule has 1 saturated heterocycles. The first-order chi connectivity index (χ1) is 9.58. The number of aryl methyl sites for hydroxylation is 1. The van der Waals surface area contributed by atoms with Gasteiger partial charge in [-0.25, -0.2) is 4.98 Å². The lowest BCUT2D eigenvalue weighted by molar-refractivity contribution is 0.175. The zero-order chi connectivity index (χ0) is 14.5. The molecule has 0 radical (unpaired) electrons. The fourth-order valence-corrected chi connectivity index (χ4v) is 3.78. The summed E-state index contributed by atoms with van der Waals surface area (Å²) in [4.78, 5) is 8.54. The minimum Gasteiger partial charge on any atom is -0.305 e. The smallest absolute Gasteiger partial charge is 0.109 e. The summed E-state index contributed by atoms with van der Waals surface area (Å²) in [6.45, 7) is 12.8. The number of likely N-dealkylation sites (tertiary alicyclic amines) is 1. The van der Waals surface area contributed by atoms with Crippen LogP contribution in [-0.2, 0) is 6.42 Å². The van der Waals surface area contributed by atoms with E-state index < -0.39 is 0 Å². The molecule has 4 heteroatoms. The number of aromatic nitrogens is 1. The maximum atomic E-state index is 4.55. The summed E-state index contributed by atoms with van der Waals surface area (Å²) in [7, 11) is 0. The monoisotopic (exact) mass is 295 g/mol. The Hall–Kier alpha value is -0.450. The molecule has 1 N–H and O–H groups in total. The molecule has 2 heterocycles. The number of piperidine rings is 1. The van der Waals surface area contributed by atoms with Gasteiger partial charge in [0.2, 0.25) is 0 Å². The SMILES string of the molecule is CCc1cnc(C(C)NC2CCN(CC(C)C)CC2)s1. The highest BCUT2D eigenvalue weighted by Crippen LogP contribution is 2.22. The lowest BCUT2D eigenvalue weighted by atomic mass is 10.0. The second-order valence-corrected chi connectivity index (χ2v) is 7.52. The number of rotatable bonds is 6.